The molecule has 5 nitrogen and oxygen atoms in total. The number of benzene rings is 3. The second-order valence-electron chi connectivity index (χ2n) is 6.21. The number of carbonyl (C=O) groups is 1. The van der Waals surface area contributed by atoms with Crippen LogP contribution in [-0.2, 0) is 0 Å². The van der Waals surface area contributed by atoms with Gasteiger partial charge in [0.1, 0.15) is 11.6 Å². The van der Waals surface area contributed by atoms with Gasteiger partial charge in [0.25, 0.3) is 5.91 Å². The number of nitrogens with one attached hydrogen (secondary N) is 2. The Labute approximate surface area is 167 Å². The Kier molecular flexibility index (Phi) is 5.00. The van der Waals surface area contributed by atoms with Crippen LogP contribution in [0.1, 0.15) is 17.3 Å². The highest BCUT2D eigenvalue weighted by molar-refractivity contribution is 6.31. The van der Waals surface area contributed by atoms with Crippen molar-refractivity contribution in [3.63, 3.8) is 0 Å². The highest BCUT2D eigenvalue weighted by Gasteiger charge is 2.14. The number of nitrogens with zero attached hydrogens (tertiary/aromatic N) is 1. The third-order valence-electron chi connectivity index (χ3n) is 4.29. The molecule has 0 spiro atoms. The molecule has 6 heteroatoms. The van der Waals surface area contributed by atoms with Crippen molar-refractivity contribution in [2.75, 3.05) is 11.9 Å². The van der Waals surface area contributed by atoms with Crippen LogP contribution in [0, 0.1) is 0 Å². The zero-order valence-electron chi connectivity index (χ0n) is 15.2. The number of para-hydroxylation sites is 2. The first kappa shape index (κ1) is 18.1. The van der Waals surface area contributed by atoms with Crippen LogP contribution in [0.5, 0.6) is 5.75 Å². The molecule has 1 aromatic heterocycles. The average Bonchev–Trinajstić information content (AvgIpc) is 3.14. The van der Waals surface area contributed by atoms with Gasteiger partial charge in [-0.1, -0.05) is 23.7 Å². The van der Waals surface area contributed by atoms with Crippen molar-refractivity contribution in [2.45, 2.75) is 6.92 Å². The maximum Gasteiger partial charge on any atom is 0.259 e. The zero-order valence-corrected chi connectivity index (χ0v) is 16.0. The van der Waals surface area contributed by atoms with Crippen LogP contribution >= 0.6 is 11.6 Å². The summed E-state index contributed by atoms with van der Waals surface area (Å²) >= 11 is 6.04. The highest BCUT2D eigenvalue weighted by atomic mass is 35.5. The highest BCUT2D eigenvalue weighted by Crippen LogP contribution is 2.25. The van der Waals surface area contributed by atoms with E-state index in [1.165, 1.54) is 0 Å². The first-order chi connectivity index (χ1) is 13.6. The van der Waals surface area contributed by atoms with Gasteiger partial charge in [0.15, 0.2) is 0 Å². The summed E-state index contributed by atoms with van der Waals surface area (Å²) in [5.41, 5.74) is 3.91. The molecule has 3 aromatic carbocycles. The van der Waals surface area contributed by atoms with E-state index in [0.29, 0.717) is 28.6 Å². The van der Waals surface area contributed by atoms with Gasteiger partial charge in [-0.15, -0.1) is 0 Å². The Morgan fingerprint density at radius 3 is 2.64 bits per heavy atom. The smallest absolute Gasteiger partial charge is 0.259 e. The van der Waals surface area contributed by atoms with Crippen LogP contribution in [0.2, 0.25) is 5.02 Å². The summed E-state index contributed by atoms with van der Waals surface area (Å²) in [5.74, 6) is 1.01. The summed E-state index contributed by atoms with van der Waals surface area (Å²) in [6.07, 6.45) is 0. The van der Waals surface area contributed by atoms with Gasteiger partial charge < -0.3 is 15.0 Å². The van der Waals surface area contributed by atoms with Crippen molar-refractivity contribution in [1.29, 1.82) is 0 Å². The summed E-state index contributed by atoms with van der Waals surface area (Å²) in [6.45, 7) is 2.33. The number of carbonyl (C=O) groups excluding carboxylic acids is 1. The third kappa shape index (κ3) is 3.70. The number of halogens is 1. The Balaban J connectivity index is 1.55. The minimum atomic E-state index is -0.276. The topological polar surface area (TPSA) is 67.0 Å². The van der Waals surface area contributed by atoms with E-state index in [1.807, 2.05) is 55.5 Å². The minimum absolute atomic E-state index is 0.276. The number of ether oxygens (including phenoxy) is 1. The number of aromatic nitrogens is 2. The van der Waals surface area contributed by atoms with E-state index in [1.54, 1.807) is 18.2 Å². The van der Waals surface area contributed by atoms with Crippen molar-refractivity contribution in [3.8, 4) is 17.1 Å². The Bertz CT molecular complexity index is 1100. The number of anilines is 1. The van der Waals surface area contributed by atoms with Crippen LogP contribution in [0.4, 0.5) is 5.69 Å². The maximum absolute atomic E-state index is 12.7. The molecule has 0 aliphatic carbocycles. The van der Waals surface area contributed by atoms with E-state index >= 15 is 0 Å². The molecule has 0 aliphatic rings. The molecule has 28 heavy (non-hydrogen) atoms. The second-order valence-corrected chi connectivity index (χ2v) is 6.64. The Morgan fingerprint density at radius 2 is 1.89 bits per heavy atom. The van der Waals surface area contributed by atoms with Crippen LogP contribution in [0.25, 0.3) is 22.4 Å². The summed E-state index contributed by atoms with van der Waals surface area (Å²) in [6, 6.07) is 20.4. The van der Waals surface area contributed by atoms with E-state index in [9.17, 15) is 4.79 Å². The van der Waals surface area contributed by atoms with Gasteiger partial charge in [0, 0.05) is 16.3 Å². The number of H-pyrrole nitrogens is 1. The predicted molar refractivity (Wildman–Crippen MR) is 112 cm³/mol. The Hall–Kier alpha value is -3.31. The van der Waals surface area contributed by atoms with E-state index in [-0.39, 0.29) is 5.91 Å². The Morgan fingerprint density at radius 1 is 1.11 bits per heavy atom. The lowest BCUT2D eigenvalue weighted by Gasteiger charge is -2.11. The van der Waals surface area contributed by atoms with Gasteiger partial charge in [-0.3, -0.25) is 4.79 Å². The maximum atomic E-state index is 12.7. The molecule has 0 saturated carbocycles. The molecule has 1 heterocycles. The quantitative estimate of drug-likeness (QED) is 0.469. The van der Waals surface area contributed by atoms with Crippen LogP contribution in [0.3, 0.4) is 0 Å². The van der Waals surface area contributed by atoms with Crippen LogP contribution < -0.4 is 10.1 Å². The zero-order chi connectivity index (χ0) is 19.5. The van der Waals surface area contributed by atoms with Crippen molar-refractivity contribution in [1.82, 2.24) is 9.97 Å². The number of rotatable bonds is 5. The molecule has 4 rings (SSSR count). The lowest BCUT2D eigenvalue weighted by Crippen LogP contribution is -2.13. The van der Waals surface area contributed by atoms with Gasteiger partial charge in [0.05, 0.1) is 23.2 Å². The normalized spacial score (nSPS) is 10.8. The molecule has 0 unspecified atom stereocenters. The van der Waals surface area contributed by atoms with E-state index in [2.05, 4.69) is 15.3 Å². The number of hydrogen-bond acceptors (Lipinski definition) is 3. The number of hydrogen-bond donors (Lipinski definition) is 2. The number of fused-ring (bicyclic) bond motifs is 1. The third-order valence-corrected chi connectivity index (χ3v) is 4.53. The largest absolute Gasteiger partial charge is 0.493 e. The fraction of sp³-hybridized carbons (Fsp3) is 0.0909. The molecular weight excluding hydrogens is 374 g/mol. The van der Waals surface area contributed by atoms with E-state index in [0.717, 1.165) is 22.4 Å². The van der Waals surface area contributed by atoms with Crippen molar-refractivity contribution < 1.29 is 9.53 Å². The van der Waals surface area contributed by atoms with Gasteiger partial charge >= 0.3 is 0 Å². The van der Waals surface area contributed by atoms with Gasteiger partial charge in [-0.25, -0.2) is 4.98 Å². The SMILES string of the molecule is CCOc1ccc(Cl)cc1C(=O)Nc1ccc(-c2nc3ccccc3[nH]2)cc1. The fourth-order valence-electron chi connectivity index (χ4n) is 2.96. The monoisotopic (exact) mass is 391 g/mol. The first-order valence-electron chi connectivity index (χ1n) is 8.93. The first-order valence-corrected chi connectivity index (χ1v) is 9.30. The molecule has 4 aromatic rings. The lowest BCUT2D eigenvalue weighted by atomic mass is 10.1. The van der Waals surface area contributed by atoms with Gasteiger partial charge in [-0.2, -0.15) is 0 Å². The molecule has 0 fully saturated rings. The van der Waals surface area contributed by atoms with Crippen molar-refractivity contribution in [3.05, 3.63) is 77.3 Å². The predicted octanol–water partition coefficient (Wildman–Crippen LogP) is 5.53. The van der Waals surface area contributed by atoms with Crippen molar-refractivity contribution >= 4 is 34.2 Å². The number of aromatic amines is 1. The van der Waals surface area contributed by atoms with E-state index in [4.69, 9.17) is 16.3 Å². The van der Waals surface area contributed by atoms with Crippen LogP contribution in [-0.4, -0.2) is 22.5 Å². The second kappa shape index (κ2) is 7.74. The minimum Gasteiger partial charge on any atom is -0.493 e. The summed E-state index contributed by atoms with van der Waals surface area (Å²) in [4.78, 5) is 20.6. The molecule has 0 bridgehead atoms. The van der Waals surface area contributed by atoms with Crippen LogP contribution in [0.15, 0.2) is 66.7 Å². The molecule has 1 amide bonds. The van der Waals surface area contributed by atoms with Gasteiger partial charge in [0.2, 0.25) is 0 Å². The molecule has 2 N–H and O–H groups in total. The molecule has 0 aliphatic heterocycles. The average molecular weight is 392 g/mol. The molecule has 0 saturated heterocycles. The lowest BCUT2D eigenvalue weighted by molar-refractivity contribution is 0.102. The van der Waals surface area contributed by atoms with E-state index < -0.39 is 0 Å². The summed E-state index contributed by atoms with van der Waals surface area (Å²) < 4.78 is 5.52. The van der Waals surface area contributed by atoms with Crippen molar-refractivity contribution in [2.24, 2.45) is 0 Å². The number of imidazole rings is 1. The molecular formula is C22H18ClN3O2. The standard InChI is InChI=1S/C22H18ClN3O2/c1-2-28-20-12-9-15(23)13-17(20)22(27)24-16-10-7-14(8-11-16)21-25-18-5-3-4-6-19(18)26-21/h3-13H,2H2,1H3,(H,24,27)(H,25,26). The molecule has 0 atom stereocenters. The molecule has 0 radical (unpaired) electrons. The summed E-state index contributed by atoms with van der Waals surface area (Å²) in [7, 11) is 0. The molecule has 140 valence electrons. The fourth-order valence-corrected chi connectivity index (χ4v) is 3.13. The van der Waals surface area contributed by atoms with Gasteiger partial charge in [-0.05, 0) is 61.5 Å². The number of amides is 1. The summed E-state index contributed by atoms with van der Waals surface area (Å²) in [5, 5.41) is 3.36.